The maximum atomic E-state index is 5.48. The lowest BCUT2D eigenvalue weighted by Crippen LogP contribution is -2.40. The summed E-state index contributed by atoms with van der Waals surface area (Å²) in [6.07, 6.45) is 9.38. The number of benzene rings is 9. The number of hydrogen-bond donors (Lipinski definition) is 0. The van der Waals surface area contributed by atoms with E-state index in [-0.39, 0.29) is 16.7 Å². The number of allylic oxidation sites excluding steroid dienone is 4. The number of fused-ring (bicyclic) bond motifs is 14. The maximum Gasteiger partial charge on any atom is 0.156 e. The van der Waals surface area contributed by atoms with Crippen molar-refractivity contribution in [3.05, 3.63) is 253 Å². The summed E-state index contributed by atoms with van der Waals surface area (Å²) in [6.45, 7) is 2.44. The van der Waals surface area contributed by atoms with Crippen LogP contribution in [0.3, 0.4) is 0 Å². The molecule has 0 amide bonds. The SMILES string of the molecule is CC12C=CC=CC1C(c1ccccc1)(c1ccccc1)c1ccc(-c3ccc(-c4ccc(-c5cc6c7ccc8ccccc8c7sc6c6nc7c8ccccc8ccc7n56)cc4)cc3)cc12. The van der Waals surface area contributed by atoms with Gasteiger partial charge in [0, 0.05) is 32.2 Å². The zero-order valence-corrected chi connectivity index (χ0v) is 37.1. The molecule has 2 atom stereocenters. The van der Waals surface area contributed by atoms with Gasteiger partial charge in [0.1, 0.15) is 0 Å². The van der Waals surface area contributed by atoms with Crippen molar-refractivity contribution in [2.75, 3.05) is 0 Å². The number of pyridine rings is 1. The number of thiophene rings is 1. The fourth-order valence-electron chi connectivity index (χ4n) is 12.0. The van der Waals surface area contributed by atoms with Crippen LogP contribution in [0.1, 0.15) is 29.2 Å². The summed E-state index contributed by atoms with van der Waals surface area (Å²) in [5.41, 5.74) is 15.3. The molecule has 2 aliphatic rings. The first-order chi connectivity index (χ1) is 32.6. The molecule has 0 fully saturated rings. The number of imidazole rings is 1. The van der Waals surface area contributed by atoms with Crippen molar-refractivity contribution in [3.63, 3.8) is 0 Å². The van der Waals surface area contributed by atoms with E-state index in [0.717, 1.165) is 27.9 Å². The van der Waals surface area contributed by atoms with E-state index in [9.17, 15) is 0 Å². The molecular weight excluding hydrogens is 817 g/mol. The Bertz CT molecular complexity index is 3950. The van der Waals surface area contributed by atoms with Gasteiger partial charge in [-0.25, -0.2) is 4.98 Å². The normalized spacial score (nSPS) is 17.4. The molecule has 2 nitrogen and oxygen atoms in total. The average Bonchev–Trinajstić information content (AvgIpc) is 4.04. The molecule has 310 valence electrons. The van der Waals surface area contributed by atoms with Crippen molar-refractivity contribution in [1.82, 2.24) is 9.38 Å². The molecule has 0 spiro atoms. The fourth-order valence-corrected chi connectivity index (χ4v) is 13.3. The summed E-state index contributed by atoms with van der Waals surface area (Å²) in [4.78, 5) is 5.48. The summed E-state index contributed by atoms with van der Waals surface area (Å²) in [7, 11) is 0. The molecule has 0 bridgehead atoms. The van der Waals surface area contributed by atoms with Gasteiger partial charge < -0.3 is 0 Å². The molecule has 14 rings (SSSR count). The van der Waals surface area contributed by atoms with Crippen LogP contribution in [0.4, 0.5) is 0 Å². The van der Waals surface area contributed by atoms with Crippen molar-refractivity contribution in [2.24, 2.45) is 5.92 Å². The molecule has 3 aromatic heterocycles. The lowest BCUT2D eigenvalue weighted by molar-refractivity contribution is 0.366. The minimum absolute atomic E-state index is 0.175. The minimum atomic E-state index is -0.314. The van der Waals surface area contributed by atoms with Gasteiger partial charge in [-0.2, -0.15) is 0 Å². The second-order valence-corrected chi connectivity index (χ2v) is 19.4. The summed E-state index contributed by atoms with van der Waals surface area (Å²) < 4.78 is 4.93. The Kier molecular flexibility index (Phi) is 8.00. The molecule has 2 unspecified atom stereocenters. The molecular formula is C63H42N2S. The monoisotopic (exact) mass is 858 g/mol. The van der Waals surface area contributed by atoms with Crippen LogP contribution in [0.15, 0.2) is 231 Å². The van der Waals surface area contributed by atoms with Crippen molar-refractivity contribution in [3.8, 4) is 33.5 Å². The van der Waals surface area contributed by atoms with Crippen LogP contribution in [0.5, 0.6) is 0 Å². The van der Waals surface area contributed by atoms with Crippen LogP contribution in [-0.2, 0) is 10.8 Å². The van der Waals surface area contributed by atoms with Crippen molar-refractivity contribution in [1.29, 1.82) is 0 Å². The second kappa shape index (κ2) is 14.1. The minimum Gasteiger partial charge on any atom is -0.291 e. The maximum absolute atomic E-state index is 5.48. The Hall–Kier alpha value is -7.85. The molecule has 0 saturated carbocycles. The molecule has 3 heterocycles. The van der Waals surface area contributed by atoms with Gasteiger partial charge in [0.2, 0.25) is 0 Å². The van der Waals surface area contributed by atoms with Crippen LogP contribution in [0.2, 0.25) is 0 Å². The molecule has 0 N–H and O–H groups in total. The van der Waals surface area contributed by atoms with Gasteiger partial charge in [-0.15, -0.1) is 11.3 Å². The second-order valence-electron chi connectivity index (χ2n) is 18.4. The zero-order chi connectivity index (χ0) is 43.6. The van der Waals surface area contributed by atoms with Gasteiger partial charge in [0.05, 0.1) is 26.8 Å². The van der Waals surface area contributed by atoms with Crippen LogP contribution in [0.25, 0.3) is 91.9 Å². The van der Waals surface area contributed by atoms with Crippen molar-refractivity contribution < 1.29 is 0 Å². The van der Waals surface area contributed by atoms with Gasteiger partial charge in [0.15, 0.2) is 5.65 Å². The third-order valence-electron chi connectivity index (χ3n) is 15.1. The molecule has 0 radical (unpaired) electrons. The van der Waals surface area contributed by atoms with E-state index in [1.54, 1.807) is 0 Å². The molecule has 3 heteroatoms. The smallest absolute Gasteiger partial charge is 0.156 e. The number of hydrogen-bond acceptors (Lipinski definition) is 2. The average molecular weight is 859 g/mol. The third kappa shape index (κ3) is 5.20. The molecule has 12 aromatic rings. The number of rotatable bonds is 5. The van der Waals surface area contributed by atoms with E-state index in [4.69, 9.17) is 4.98 Å². The highest BCUT2D eigenvalue weighted by atomic mass is 32.1. The van der Waals surface area contributed by atoms with E-state index < -0.39 is 0 Å². The van der Waals surface area contributed by atoms with Gasteiger partial charge in [-0.05, 0) is 84.4 Å². The van der Waals surface area contributed by atoms with E-state index >= 15 is 0 Å². The van der Waals surface area contributed by atoms with Gasteiger partial charge in [0.25, 0.3) is 0 Å². The van der Waals surface area contributed by atoms with E-state index in [0.29, 0.717) is 0 Å². The van der Waals surface area contributed by atoms with Gasteiger partial charge in [-0.3, -0.25) is 4.40 Å². The lowest BCUT2D eigenvalue weighted by atomic mass is 9.60. The predicted molar refractivity (Wildman–Crippen MR) is 279 cm³/mol. The number of nitrogens with zero attached hydrogens (tertiary/aromatic N) is 2. The molecule has 0 aliphatic heterocycles. The molecule has 9 aromatic carbocycles. The molecule has 66 heavy (non-hydrogen) atoms. The Morgan fingerprint density at radius 2 is 1.06 bits per heavy atom. The van der Waals surface area contributed by atoms with Gasteiger partial charge in [-0.1, -0.05) is 219 Å². The largest absolute Gasteiger partial charge is 0.291 e. The van der Waals surface area contributed by atoms with E-state index in [2.05, 4.69) is 242 Å². The summed E-state index contributed by atoms with van der Waals surface area (Å²) in [5.74, 6) is 0.228. The summed E-state index contributed by atoms with van der Waals surface area (Å²) in [6, 6.07) is 76.6. The molecule has 0 saturated heterocycles. The fraction of sp³-hybridized carbons (Fsp3) is 0.0635. The first kappa shape index (κ1) is 37.5. The Labute approximate surface area is 387 Å². The standard InChI is InChI=1S/C63H42N2S/c1-62-37-13-12-22-57(62)63(47-16-4-2-5-17-47,48-18-6-3-7-19-48)53-35-32-46(38-54(53)62)42-25-23-40(24-26-42)41-27-29-45(30-28-41)56-39-52-51-34-31-44-15-9-11-21-50(44)59(51)66-60(52)61-64-58-49-20-10-8-14-43(49)33-36-55(58)65(56)61/h2-39,57H,1H3. The van der Waals surface area contributed by atoms with Crippen LogP contribution in [-0.4, -0.2) is 9.38 Å². The Morgan fingerprint density at radius 1 is 0.470 bits per heavy atom. The van der Waals surface area contributed by atoms with E-state index in [1.165, 1.54) is 86.2 Å². The number of aromatic nitrogens is 2. The van der Waals surface area contributed by atoms with E-state index in [1.807, 2.05) is 11.3 Å². The van der Waals surface area contributed by atoms with Crippen LogP contribution < -0.4 is 0 Å². The first-order valence-electron chi connectivity index (χ1n) is 23.0. The predicted octanol–water partition coefficient (Wildman–Crippen LogP) is 16.5. The quantitative estimate of drug-likeness (QED) is 0.169. The topological polar surface area (TPSA) is 17.3 Å². The summed E-state index contributed by atoms with van der Waals surface area (Å²) >= 11 is 1.86. The lowest BCUT2D eigenvalue weighted by Gasteiger charge is -2.42. The van der Waals surface area contributed by atoms with Crippen molar-refractivity contribution >= 4 is 69.7 Å². The van der Waals surface area contributed by atoms with Gasteiger partial charge >= 0.3 is 0 Å². The first-order valence-corrected chi connectivity index (χ1v) is 23.8. The van der Waals surface area contributed by atoms with Crippen LogP contribution >= 0.6 is 11.3 Å². The Morgan fingerprint density at radius 3 is 1.77 bits per heavy atom. The highest BCUT2D eigenvalue weighted by Gasteiger charge is 2.58. The Balaban J connectivity index is 0.864. The highest BCUT2D eigenvalue weighted by Crippen LogP contribution is 2.62. The molecule has 2 aliphatic carbocycles. The van der Waals surface area contributed by atoms with Crippen LogP contribution in [0, 0.1) is 5.92 Å². The highest BCUT2D eigenvalue weighted by molar-refractivity contribution is 7.27. The van der Waals surface area contributed by atoms with Crippen molar-refractivity contribution in [2.45, 2.75) is 17.8 Å². The third-order valence-corrected chi connectivity index (χ3v) is 16.3. The summed E-state index contributed by atoms with van der Waals surface area (Å²) in [5, 5.41) is 7.46. The zero-order valence-electron chi connectivity index (χ0n) is 36.3.